The highest BCUT2D eigenvalue weighted by molar-refractivity contribution is 5.90. The number of benzene rings is 1. The number of amides is 1. The lowest BCUT2D eigenvalue weighted by Gasteiger charge is -2.15. The lowest BCUT2D eigenvalue weighted by atomic mass is 9.91. The van der Waals surface area contributed by atoms with Crippen molar-refractivity contribution in [3.63, 3.8) is 0 Å². The van der Waals surface area contributed by atoms with Crippen LogP contribution in [0.4, 0.5) is 0 Å². The zero-order chi connectivity index (χ0) is 13.4. The molecule has 5 heteroatoms. The largest absolute Gasteiger partial charge is 0.480 e. The van der Waals surface area contributed by atoms with Gasteiger partial charge >= 0.3 is 5.97 Å². The quantitative estimate of drug-likeness (QED) is 0.848. The van der Waals surface area contributed by atoms with Crippen LogP contribution in [-0.4, -0.2) is 28.0 Å². The van der Waals surface area contributed by atoms with Gasteiger partial charge in [-0.2, -0.15) is 0 Å². The summed E-state index contributed by atoms with van der Waals surface area (Å²) in [5.74, 6) is -1.54. The minimum absolute atomic E-state index is 0.211. The molecule has 0 aliphatic carbocycles. The molecular weight excluding hydrogens is 244 g/mol. The first-order valence-electron chi connectivity index (χ1n) is 6.02. The highest BCUT2D eigenvalue weighted by Crippen LogP contribution is 2.30. The molecule has 0 spiro atoms. The maximum Gasteiger partial charge on any atom is 0.326 e. The molecule has 1 aliphatic heterocycles. The SMILES string of the molecule is O=C1CC(c2ccc3ncccc3c2)C(C(=O)O)N1. The summed E-state index contributed by atoms with van der Waals surface area (Å²) in [5.41, 5.74) is 1.71. The van der Waals surface area contributed by atoms with Gasteiger partial charge in [0.15, 0.2) is 0 Å². The molecule has 2 unspecified atom stereocenters. The zero-order valence-corrected chi connectivity index (χ0v) is 10.0. The molecule has 1 fully saturated rings. The van der Waals surface area contributed by atoms with Crippen LogP contribution in [0.15, 0.2) is 36.5 Å². The van der Waals surface area contributed by atoms with E-state index in [1.165, 1.54) is 0 Å². The normalized spacial score (nSPS) is 22.4. The summed E-state index contributed by atoms with van der Waals surface area (Å²) in [5, 5.41) is 12.6. The van der Waals surface area contributed by atoms with Gasteiger partial charge in [-0.25, -0.2) is 4.79 Å². The average molecular weight is 256 g/mol. The molecule has 5 nitrogen and oxygen atoms in total. The minimum Gasteiger partial charge on any atom is -0.480 e. The van der Waals surface area contributed by atoms with Gasteiger partial charge in [-0.1, -0.05) is 12.1 Å². The van der Waals surface area contributed by atoms with Gasteiger partial charge in [0.2, 0.25) is 5.91 Å². The van der Waals surface area contributed by atoms with Crippen molar-refractivity contribution in [1.82, 2.24) is 10.3 Å². The zero-order valence-electron chi connectivity index (χ0n) is 10.0. The van der Waals surface area contributed by atoms with E-state index in [-0.39, 0.29) is 18.2 Å². The second kappa shape index (κ2) is 4.35. The van der Waals surface area contributed by atoms with Gasteiger partial charge in [-0.3, -0.25) is 9.78 Å². The molecule has 1 amide bonds. The molecule has 2 atom stereocenters. The van der Waals surface area contributed by atoms with Crippen molar-refractivity contribution >= 4 is 22.8 Å². The summed E-state index contributed by atoms with van der Waals surface area (Å²) >= 11 is 0. The van der Waals surface area contributed by atoms with E-state index in [2.05, 4.69) is 10.3 Å². The fraction of sp³-hybridized carbons (Fsp3) is 0.214. The van der Waals surface area contributed by atoms with Crippen LogP contribution < -0.4 is 5.32 Å². The molecule has 0 radical (unpaired) electrons. The Kier molecular flexibility index (Phi) is 2.67. The predicted molar refractivity (Wildman–Crippen MR) is 68.7 cm³/mol. The van der Waals surface area contributed by atoms with Crippen molar-refractivity contribution in [3.05, 3.63) is 42.1 Å². The van der Waals surface area contributed by atoms with Gasteiger partial charge in [-0.15, -0.1) is 0 Å². The van der Waals surface area contributed by atoms with Gasteiger partial charge in [0.25, 0.3) is 0 Å². The number of nitrogens with zero attached hydrogens (tertiary/aromatic N) is 1. The fourth-order valence-electron chi connectivity index (χ4n) is 2.52. The fourth-order valence-corrected chi connectivity index (χ4v) is 2.52. The van der Waals surface area contributed by atoms with E-state index in [9.17, 15) is 9.59 Å². The highest BCUT2D eigenvalue weighted by Gasteiger charge is 2.38. The number of aliphatic carboxylic acids is 1. The molecule has 1 aliphatic rings. The van der Waals surface area contributed by atoms with Crippen LogP contribution in [0, 0.1) is 0 Å². The average Bonchev–Trinajstić information content (AvgIpc) is 2.80. The van der Waals surface area contributed by atoms with Crippen molar-refractivity contribution in [1.29, 1.82) is 0 Å². The Morgan fingerprint density at radius 1 is 1.37 bits per heavy atom. The molecule has 0 saturated carbocycles. The van der Waals surface area contributed by atoms with Crippen LogP contribution in [0.2, 0.25) is 0 Å². The van der Waals surface area contributed by atoms with Crippen LogP contribution >= 0.6 is 0 Å². The monoisotopic (exact) mass is 256 g/mol. The molecule has 1 aromatic carbocycles. The second-order valence-electron chi connectivity index (χ2n) is 4.65. The van der Waals surface area contributed by atoms with E-state index in [0.717, 1.165) is 16.5 Å². The van der Waals surface area contributed by atoms with Gasteiger partial charge in [0.05, 0.1) is 5.52 Å². The van der Waals surface area contributed by atoms with E-state index < -0.39 is 12.0 Å². The molecule has 1 saturated heterocycles. The Morgan fingerprint density at radius 3 is 3.00 bits per heavy atom. The summed E-state index contributed by atoms with van der Waals surface area (Å²) in [4.78, 5) is 26.8. The third-order valence-electron chi connectivity index (χ3n) is 3.45. The van der Waals surface area contributed by atoms with Gasteiger partial charge in [0.1, 0.15) is 6.04 Å². The minimum atomic E-state index is -0.998. The highest BCUT2D eigenvalue weighted by atomic mass is 16.4. The van der Waals surface area contributed by atoms with Crippen LogP contribution in [0.5, 0.6) is 0 Å². The molecule has 0 bridgehead atoms. The smallest absolute Gasteiger partial charge is 0.326 e. The summed E-state index contributed by atoms with van der Waals surface area (Å²) in [6.07, 6.45) is 1.92. The van der Waals surface area contributed by atoms with Crippen molar-refractivity contribution in [2.24, 2.45) is 0 Å². The summed E-state index contributed by atoms with van der Waals surface area (Å²) in [6, 6.07) is 8.51. The van der Waals surface area contributed by atoms with E-state index in [0.29, 0.717) is 0 Å². The van der Waals surface area contributed by atoms with E-state index >= 15 is 0 Å². The number of pyridine rings is 1. The third-order valence-corrected chi connectivity index (χ3v) is 3.45. The number of hydrogen-bond acceptors (Lipinski definition) is 3. The van der Waals surface area contributed by atoms with Crippen LogP contribution in [0.25, 0.3) is 10.9 Å². The first-order valence-corrected chi connectivity index (χ1v) is 6.02. The number of carbonyl (C=O) groups excluding carboxylic acids is 1. The number of fused-ring (bicyclic) bond motifs is 1. The molecular formula is C14H12N2O3. The summed E-state index contributed by atoms with van der Waals surface area (Å²) in [7, 11) is 0. The van der Waals surface area contributed by atoms with Crippen LogP contribution in [0.3, 0.4) is 0 Å². The molecule has 2 heterocycles. The number of hydrogen-bond donors (Lipinski definition) is 2. The number of carbonyl (C=O) groups is 2. The first-order chi connectivity index (χ1) is 9.15. The maximum absolute atomic E-state index is 11.4. The number of nitrogens with one attached hydrogen (secondary N) is 1. The molecule has 2 N–H and O–H groups in total. The topological polar surface area (TPSA) is 79.3 Å². The number of carboxylic acids is 1. The van der Waals surface area contributed by atoms with Gasteiger partial charge < -0.3 is 10.4 Å². The standard InChI is InChI=1S/C14H12N2O3/c17-12-7-10(13(16-12)14(18)19)8-3-4-11-9(6-8)2-1-5-15-11/h1-6,10,13H,7H2,(H,16,17)(H,18,19). The van der Waals surface area contributed by atoms with Gasteiger partial charge in [0, 0.05) is 23.9 Å². The van der Waals surface area contributed by atoms with E-state index in [1.807, 2.05) is 30.3 Å². The van der Waals surface area contributed by atoms with Gasteiger partial charge in [-0.05, 0) is 23.8 Å². The number of carboxylic acid groups (broad SMARTS) is 1. The van der Waals surface area contributed by atoms with Crippen molar-refractivity contribution in [2.75, 3.05) is 0 Å². The second-order valence-corrected chi connectivity index (χ2v) is 4.65. The Labute approximate surface area is 109 Å². The molecule has 19 heavy (non-hydrogen) atoms. The Balaban J connectivity index is 2.03. The molecule has 1 aromatic heterocycles. The Hall–Kier alpha value is -2.43. The lowest BCUT2D eigenvalue weighted by molar-refractivity contribution is -0.140. The first kappa shape index (κ1) is 11.6. The van der Waals surface area contributed by atoms with Crippen molar-refractivity contribution in [2.45, 2.75) is 18.4 Å². The number of aromatic nitrogens is 1. The summed E-state index contributed by atoms with van der Waals surface area (Å²) in [6.45, 7) is 0. The Morgan fingerprint density at radius 2 is 2.21 bits per heavy atom. The molecule has 3 rings (SSSR count). The molecule has 2 aromatic rings. The van der Waals surface area contributed by atoms with Crippen molar-refractivity contribution < 1.29 is 14.7 Å². The van der Waals surface area contributed by atoms with Crippen LogP contribution in [0.1, 0.15) is 17.9 Å². The maximum atomic E-state index is 11.4. The van der Waals surface area contributed by atoms with E-state index in [1.54, 1.807) is 6.20 Å². The number of rotatable bonds is 2. The lowest BCUT2D eigenvalue weighted by Crippen LogP contribution is -2.36. The van der Waals surface area contributed by atoms with Crippen LogP contribution in [-0.2, 0) is 9.59 Å². The summed E-state index contributed by atoms with van der Waals surface area (Å²) < 4.78 is 0. The van der Waals surface area contributed by atoms with E-state index in [4.69, 9.17) is 5.11 Å². The predicted octanol–water partition coefficient (Wildman–Crippen LogP) is 1.29. The van der Waals surface area contributed by atoms with Crippen molar-refractivity contribution in [3.8, 4) is 0 Å². The third kappa shape index (κ3) is 2.03. The Bertz CT molecular complexity index is 669. The molecule has 96 valence electrons.